The van der Waals surface area contributed by atoms with Crippen LogP contribution in [0.1, 0.15) is 39.2 Å². The van der Waals surface area contributed by atoms with Crippen molar-refractivity contribution in [2.45, 2.75) is 33.6 Å². The van der Waals surface area contributed by atoms with Gasteiger partial charge in [-0.2, -0.15) is 10.5 Å². The first-order valence-electron chi connectivity index (χ1n) is 6.90. The summed E-state index contributed by atoms with van der Waals surface area (Å²) in [5, 5.41) is 16.5. The van der Waals surface area contributed by atoms with Gasteiger partial charge in [-0.3, -0.25) is 0 Å². The average molecular weight is 278 g/mol. The Morgan fingerprint density at radius 1 is 1.05 bits per heavy atom. The Balaban J connectivity index is 0.000000382. The minimum Gasteiger partial charge on any atom is -0.193 e. The summed E-state index contributed by atoms with van der Waals surface area (Å²) < 4.78 is 0. The Kier molecular flexibility index (Phi) is 10.9. The third-order valence-corrected chi connectivity index (χ3v) is 2.55. The molecule has 0 atom stereocenters. The van der Waals surface area contributed by atoms with Crippen LogP contribution in [0.5, 0.6) is 0 Å². The fourth-order valence-electron chi connectivity index (χ4n) is 1.47. The molecule has 0 heterocycles. The Labute approximate surface area is 128 Å². The molecule has 0 unspecified atom stereocenters. The zero-order valence-corrected chi connectivity index (χ0v) is 13.0. The molecule has 0 aliphatic carbocycles. The van der Waals surface area contributed by atoms with Gasteiger partial charge in [0.25, 0.3) is 0 Å². The van der Waals surface area contributed by atoms with Crippen molar-refractivity contribution in [3.63, 3.8) is 0 Å². The van der Waals surface area contributed by atoms with Gasteiger partial charge in [0.1, 0.15) is 0 Å². The van der Waals surface area contributed by atoms with E-state index in [2.05, 4.69) is 19.9 Å². The maximum absolute atomic E-state index is 8.30. The van der Waals surface area contributed by atoms with Crippen LogP contribution >= 0.6 is 0 Å². The number of allylic oxidation sites excluding steroid dienone is 5. The zero-order valence-electron chi connectivity index (χ0n) is 13.0. The Morgan fingerprint density at radius 3 is 2.24 bits per heavy atom. The first-order valence-corrected chi connectivity index (χ1v) is 6.90. The minimum absolute atomic E-state index is 0.999. The Hall–Kier alpha value is -2.58. The van der Waals surface area contributed by atoms with Gasteiger partial charge >= 0.3 is 0 Å². The van der Waals surface area contributed by atoms with E-state index in [1.807, 2.05) is 49.4 Å². The topological polar surface area (TPSA) is 47.6 Å². The number of rotatable bonds is 4. The molecule has 108 valence electrons. The summed E-state index contributed by atoms with van der Waals surface area (Å²) in [5.41, 5.74) is 3.56. The van der Waals surface area contributed by atoms with E-state index < -0.39 is 0 Å². The van der Waals surface area contributed by atoms with Crippen LogP contribution in [0, 0.1) is 22.7 Å². The number of benzene rings is 1. The zero-order chi connectivity index (χ0) is 15.9. The van der Waals surface area contributed by atoms with Crippen LogP contribution in [0.3, 0.4) is 0 Å². The summed E-state index contributed by atoms with van der Waals surface area (Å²) in [6.07, 6.45) is 9.09. The van der Waals surface area contributed by atoms with Crippen molar-refractivity contribution in [2.75, 3.05) is 0 Å². The summed E-state index contributed by atoms with van der Waals surface area (Å²) in [6.45, 7) is 6.16. The van der Waals surface area contributed by atoms with E-state index in [9.17, 15) is 0 Å². The smallest absolute Gasteiger partial charge is 0.0912 e. The molecular formula is C19H22N2. The highest BCUT2D eigenvalue weighted by atomic mass is 14.2. The van der Waals surface area contributed by atoms with Crippen molar-refractivity contribution in [3.8, 4) is 12.1 Å². The molecule has 0 amide bonds. The van der Waals surface area contributed by atoms with Crippen LogP contribution in [0.4, 0.5) is 0 Å². The SMILES string of the molecule is CC(C)=CCC/C(C)=C/C#N.N#C/C=C/c1ccccc1. The van der Waals surface area contributed by atoms with E-state index in [0.717, 1.165) is 24.0 Å². The molecule has 1 aromatic carbocycles. The van der Waals surface area contributed by atoms with Gasteiger partial charge in [-0.25, -0.2) is 0 Å². The maximum Gasteiger partial charge on any atom is 0.0912 e. The Bertz CT molecular complexity index is 560. The van der Waals surface area contributed by atoms with Gasteiger partial charge in [-0.1, -0.05) is 47.6 Å². The first-order chi connectivity index (χ1) is 10.1. The van der Waals surface area contributed by atoms with Crippen LogP contribution in [0.2, 0.25) is 0 Å². The molecule has 0 radical (unpaired) electrons. The number of nitriles is 2. The predicted molar refractivity (Wildman–Crippen MR) is 89.1 cm³/mol. The quantitative estimate of drug-likeness (QED) is 0.545. The van der Waals surface area contributed by atoms with Gasteiger partial charge in [0.05, 0.1) is 12.1 Å². The molecule has 0 saturated heterocycles. The monoisotopic (exact) mass is 278 g/mol. The van der Waals surface area contributed by atoms with Gasteiger partial charge < -0.3 is 0 Å². The van der Waals surface area contributed by atoms with E-state index >= 15 is 0 Å². The minimum atomic E-state index is 0.999. The van der Waals surface area contributed by atoms with Crippen molar-refractivity contribution in [3.05, 3.63) is 65.3 Å². The summed E-state index contributed by atoms with van der Waals surface area (Å²) in [4.78, 5) is 0. The standard InChI is InChI=1S/C10H15N.C9H7N/c1-9(2)5-4-6-10(3)7-8-11;10-8-4-7-9-5-2-1-3-6-9/h5,7H,4,6H2,1-3H3;1-7H/b10-7+;7-4+. The van der Waals surface area contributed by atoms with Crippen LogP contribution in [0.25, 0.3) is 6.08 Å². The molecule has 0 aliphatic heterocycles. The molecule has 1 rings (SSSR count). The molecular weight excluding hydrogens is 256 g/mol. The molecule has 21 heavy (non-hydrogen) atoms. The Morgan fingerprint density at radius 2 is 1.71 bits per heavy atom. The fourth-order valence-corrected chi connectivity index (χ4v) is 1.47. The van der Waals surface area contributed by atoms with Crippen molar-refractivity contribution in [1.29, 1.82) is 10.5 Å². The number of hydrogen-bond acceptors (Lipinski definition) is 2. The van der Waals surface area contributed by atoms with E-state index in [0.29, 0.717) is 0 Å². The first kappa shape index (κ1) is 18.4. The molecule has 2 nitrogen and oxygen atoms in total. The summed E-state index contributed by atoms with van der Waals surface area (Å²) >= 11 is 0. The van der Waals surface area contributed by atoms with Crippen LogP contribution < -0.4 is 0 Å². The fraction of sp³-hybridized carbons (Fsp3) is 0.263. The highest BCUT2D eigenvalue weighted by molar-refractivity contribution is 5.51. The van der Waals surface area contributed by atoms with Crippen molar-refractivity contribution in [1.82, 2.24) is 0 Å². The molecule has 1 aromatic rings. The largest absolute Gasteiger partial charge is 0.193 e. The highest BCUT2D eigenvalue weighted by Crippen LogP contribution is 2.05. The van der Waals surface area contributed by atoms with E-state index in [4.69, 9.17) is 10.5 Å². The lowest BCUT2D eigenvalue weighted by Gasteiger charge is -1.94. The van der Waals surface area contributed by atoms with Gasteiger partial charge in [0.15, 0.2) is 0 Å². The highest BCUT2D eigenvalue weighted by Gasteiger charge is 1.86. The second-order valence-corrected chi connectivity index (χ2v) is 4.81. The summed E-state index contributed by atoms with van der Waals surface area (Å²) in [7, 11) is 0. The molecule has 0 N–H and O–H groups in total. The molecule has 2 heteroatoms. The third-order valence-electron chi connectivity index (χ3n) is 2.55. The van der Waals surface area contributed by atoms with Gasteiger partial charge in [0.2, 0.25) is 0 Å². The third kappa shape index (κ3) is 12.2. The molecule has 0 saturated carbocycles. The average Bonchev–Trinajstić information content (AvgIpc) is 2.47. The lowest BCUT2D eigenvalue weighted by atomic mass is 10.1. The molecule has 0 fully saturated rings. The lowest BCUT2D eigenvalue weighted by Crippen LogP contribution is -1.75. The number of hydrogen-bond donors (Lipinski definition) is 0. The lowest BCUT2D eigenvalue weighted by molar-refractivity contribution is 0.968. The van der Waals surface area contributed by atoms with E-state index in [1.165, 1.54) is 11.6 Å². The van der Waals surface area contributed by atoms with Gasteiger partial charge in [-0.15, -0.1) is 0 Å². The molecule has 0 bridgehead atoms. The summed E-state index contributed by atoms with van der Waals surface area (Å²) in [6, 6.07) is 13.7. The van der Waals surface area contributed by atoms with Crippen LogP contribution in [0.15, 0.2) is 59.7 Å². The van der Waals surface area contributed by atoms with Crippen LogP contribution in [-0.4, -0.2) is 0 Å². The van der Waals surface area contributed by atoms with E-state index in [1.54, 1.807) is 12.2 Å². The molecule has 0 spiro atoms. The maximum atomic E-state index is 8.30. The number of nitrogens with zero attached hydrogens (tertiary/aromatic N) is 2. The molecule has 0 aliphatic rings. The van der Waals surface area contributed by atoms with Crippen molar-refractivity contribution in [2.24, 2.45) is 0 Å². The van der Waals surface area contributed by atoms with Crippen molar-refractivity contribution < 1.29 is 0 Å². The van der Waals surface area contributed by atoms with Gasteiger partial charge in [-0.05, 0) is 45.3 Å². The summed E-state index contributed by atoms with van der Waals surface area (Å²) in [5.74, 6) is 0. The second-order valence-electron chi connectivity index (χ2n) is 4.81. The van der Waals surface area contributed by atoms with E-state index in [-0.39, 0.29) is 0 Å². The molecule has 0 aromatic heterocycles. The van der Waals surface area contributed by atoms with Crippen molar-refractivity contribution >= 4 is 6.08 Å². The normalized spacial score (nSPS) is 10.0. The predicted octanol–water partition coefficient (Wildman–Crippen LogP) is 5.43. The van der Waals surface area contributed by atoms with Crippen LogP contribution in [-0.2, 0) is 0 Å². The van der Waals surface area contributed by atoms with Gasteiger partial charge in [0, 0.05) is 12.2 Å². The second kappa shape index (κ2) is 12.5.